The summed E-state index contributed by atoms with van der Waals surface area (Å²) in [7, 11) is 0. The van der Waals surface area contributed by atoms with Crippen molar-refractivity contribution >= 4 is 11.5 Å². The molecule has 0 atom stereocenters. The zero-order valence-corrected chi connectivity index (χ0v) is 11.3. The number of aryl methyl sites for hydroxylation is 2. The third-order valence-corrected chi connectivity index (χ3v) is 3.28. The Bertz CT molecular complexity index is 818. The summed E-state index contributed by atoms with van der Waals surface area (Å²) in [5.41, 5.74) is 3.74. The van der Waals surface area contributed by atoms with Gasteiger partial charge < -0.3 is 5.11 Å². The number of aromatic carboxylic acids is 1. The van der Waals surface area contributed by atoms with Crippen LogP contribution in [0.15, 0.2) is 42.6 Å². The maximum Gasteiger partial charge on any atom is 0.356 e. The number of benzene rings is 1. The second-order valence-electron chi connectivity index (χ2n) is 4.92. The number of aromatic nitrogens is 2. The summed E-state index contributed by atoms with van der Waals surface area (Å²) in [6, 6.07) is 11.7. The molecule has 0 spiro atoms. The molecule has 0 amide bonds. The highest BCUT2D eigenvalue weighted by molar-refractivity contribution is 5.95. The highest BCUT2D eigenvalue weighted by Crippen LogP contribution is 2.24. The molecular weight excluding hydrogens is 252 g/mol. The molecule has 100 valence electrons. The highest BCUT2D eigenvalue weighted by Gasteiger charge is 2.17. The van der Waals surface area contributed by atoms with Crippen molar-refractivity contribution in [1.82, 2.24) is 9.38 Å². The van der Waals surface area contributed by atoms with Gasteiger partial charge >= 0.3 is 5.97 Å². The summed E-state index contributed by atoms with van der Waals surface area (Å²) in [4.78, 5) is 15.7. The molecule has 0 fully saturated rings. The Kier molecular flexibility index (Phi) is 2.79. The lowest BCUT2D eigenvalue weighted by molar-refractivity contribution is 0.0693. The zero-order chi connectivity index (χ0) is 14.3. The van der Waals surface area contributed by atoms with Crippen LogP contribution in [0.4, 0.5) is 0 Å². The maximum atomic E-state index is 11.4. The van der Waals surface area contributed by atoms with Crippen LogP contribution < -0.4 is 0 Å². The van der Waals surface area contributed by atoms with Gasteiger partial charge in [0.2, 0.25) is 0 Å². The zero-order valence-electron chi connectivity index (χ0n) is 11.3. The first-order valence-electron chi connectivity index (χ1n) is 6.35. The molecule has 0 aliphatic heterocycles. The first kappa shape index (κ1) is 12.4. The van der Waals surface area contributed by atoms with E-state index in [2.05, 4.69) is 4.98 Å². The van der Waals surface area contributed by atoms with Crippen LogP contribution in [0.2, 0.25) is 0 Å². The van der Waals surface area contributed by atoms with Crippen LogP contribution in [0.25, 0.3) is 16.9 Å². The number of pyridine rings is 1. The van der Waals surface area contributed by atoms with Crippen molar-refractivity contribution < 1.29 is 9.90 Å². The molecule has 1 aromatic carbocycles. The van der Waals surface area contributed by atoms with Crippen LogP contribution in [0, 0.1) is 13.8 Å². The molecule has 0 radical (unpaired) electrons. The molecule has 0 saturated heterocycles. The van der Waals surface area contributed by atoms with Gasteiger partial charge in [0.25, 0.3) is 0 Å². The van der Waals surface area contributed by atoms with Crippen LogP contribution in [-0.4, -0.2) is 20.5 Å². The molecule has 0 saturated carbocycles. The Morgan fingerprint density at radius 3 is 2.60 bits per heavy atom. The molecule has 4 heteroatoms. The number of hydrogen-bond donors (Lipinski definition) is 1. The van der Waals surface area contributed by atoms with Crippen LogP contribution in [0.5, 0.6) is 0 Å². The predicted molar refractivity (Wildman–Crippen MR) is 77.1 cm³/mol. The number of fused-ring (bicyclic) bond motifs is 1. The molecular formula is C16H14N2O2. The van der Waals surface area contributed by atoms with Crippen molar-refractivity contribution in [3.63, 3.8) is 0 Å². The summed E-state index contributed by atoms with van der Waals surface area (Å²) < 4.78 is 1.82. The van der Waals surface area contributed by atoms with Crippen molar-refractivity contribution in [2.24, 2.45) is 0 Å². The van der Waals surface area contributed by atoms with E-state index in [1.807, 2.05) is 60.8 Å². The largest absolute Gasteiger partial charge is 0.476 e. The van der Waals surface area contributed by atoms with Gasteiger partial charge in [-0.05, 0) is 37.6 Å². The summed E-state index contributed by atoms with van der Waals surface area (Å²) in [5, 5.41) is 9.31. The molecule has 3 aromatic rings. The van der Waals surface area contributed by atoms with Crippen molar-refractivity contribution in [2.45, 2.75) is 13.8 Å². The minimum absolute atomic E-state index is 0.0882. The Morgan fingerprint density at radius 2 is 1.90 bits per heavy atom. The van der Waals surface area contributed by atoms with Gasteiger partial charge in [-0.2, -0.15) is 0 Å². The minimum atomic E-state index is -1.01. The fourth-order valence-electron chi connectivity index (χ4n) is 2.34. The van der Waals surface area contributed by atoms with Crippen molar-refractivity contribution in [3.8, 4) is 11.4 Å². The Morgan fingerprint density at radius 1 is 1.15 bits per heavy atom. The minimum Gasteiger partial charge on any atom is -0.476 e. The van der Waals surface area contributed by atoms with E-state index in [1.54, 1.807) is 0 Å². The Balaban J connectivity index is 2.34. The smallest absolute Gasteiger partial charge is 0.356 e. The van der Waals surface area contributed by atoms with E-state index < -0.39 is 5.97 Å². The molecule has 0 aliphatic carbocycles. The van der Waals surface area contributed by atoms with E-state index in [0.29, 0.717) is 11.3 Å². The topological polar surface area (TPSA) is 54.6 Å². The first-order valence-corrected chi connectivity index (χ1v) is 6.35. The van der Waals surface area contributed by atoms with Crippen molar-refractivity contribution in [1.29, 1.82) is 0 Å². The lowest BCUT2D eigenvalue weighted by Gasteiger charge is -2.03. The first-order chi connectivity index (χ1) is 9.56. The van der Waals surface area contributed by atoms with Gasteiger partial charge in [0.1, 0.15) is 5.82 Å². The number of rotatable bonds is 2. The molecule has 0 unspecified atom stereocenters. The molecule has 4 nitrogen and oxygen atoms in total. The van der Waals surface area contributed by atoms with Crippen LogP contribution in [0.3, 0.4) is 0 Å². The third-order valence-electron chi connectivity index (χ3n) is 3.28. The van der Waals surface area contributed by atoms with E-state index in [1.165, 1.54) is 0 Å². The Hall–Kier alpha value is -2.62. The molecule has 3 rings (SSSR count). The highest BCUT2D eigenvalue weighted by atomic mass is 16.4. The SMILES string of the molecule is Cc1cccc(-c2nc(C(=O)O)c3cc(C)ccn23)c1. The third kappa shape index (κ3) is 1.95. The summed E-state index contributed by atoms with van der Waals surface area (Å²) in [5.74, 6) is -0.354. The van der Waals surface area contributed by atoms with Crippen molar-refractivity contribution in [3.05, 3.63) is 59.4 Å². The van der Waals surface area contributed by atoms with Gasteiger partial charge in [-0.3, -0.25) is 4.40 Å². The van der Waals surface area contributed by atoms with Crippen LogP contribution in [0.1, 0.15) is 21.6 Å². The summed E-state index contributed by atoms with van der Waals surface area (Å²) in [6.45, 7) is 3.94. The molecule has 2 aromatic heterocycles. The quantitative estimate of drug-likeness (QED) is 0.774. The second kappa shape index (κ2) is 4.49. The maximum absolute atomic E-state index is 11.4. The summed E-state index contributed by atoms with van der Waals surface area (Å²) >= 11 is 0. The standard InChI is InChI=1S/C16H14N2O2/c1-10-4-3-5-12(8-10)15-17-14(16(19)20)13-9-11(2)6-7-18(13)15/h3-9H,1-2H3,(H,19,20). The van der Waals surface area contributed by atoms with Gasteiger partial charge in [0, 0.05) is 11.8 Å². The van der Waals surface area contributed by atoms with E-state index in [-0.39, 0.29) is 5.69 Å². The van der Waals surface area contributed by atoms with Crippen LogP contribution in [-0.2, 0) is 0 Å². The van der Waals surface area contributed by atoms with Crippen molar-refractivity contribution in [2.75, 3.05) is 0 Å². The number of nitrogens with zero attached hydrogens (tertiary/aromatic N) is 2. The second-order valence-corrected chi connectivity index (χ2v) is 4.92. The molecule has 20 heavy (non-hydrogen) atoms. The lowest BCUT2D eigenvalue weighted by atomic mass is 10.1. The molecule has 1 N–H and O–H groups in total. The average molecular weight is 266 g/mol. The number of carbonyl (C=O) groups is 1. The Labute approximate surface area is 116 Å². The van der Waals surface area contributed by atoms with E-state index in [0.717, 1.165) is 16.7 Å². The van der Waals surface area contributed by atoms with E-state index >= 15 is 0 Å². The fourth-order valence-corrected chi connectivity index (χ4v) is 2.34. The predicted octanol–water partition coefficient (Wildman–Crippen LogP) is 3.32. The monoisotopic (exact) mass is 266 g/mol. The van der Waals surface area contributed by atoms with Gasteiger partial charge in [-0.1, -0.05) is 23.8 Å². The normalized spacial score (nSPS) is 10.9. The van der Waals surface area contributed by atoms with Crippen LogP contribution >= 0.6 is 0 Å². The molecule has 0 aliphatic rings. The number of carboxylic acids is 1. The molecule has 0 bridgehead atoms. The molecule has 2 heterocycles. The summed E-state index contributed by atoms with van der Waals surface area (Å²) in [6.07, 6.45) is 1.86. The van der Waals surface area contributed by atoms with E-state index in [9.17, 15) is 9.90 Å². The fraction of sp³-hybridized carbons (Fsp3) is 0.125. The number of carboxylic acid groups (broad SMARTS) is 1. The van der Waals surface area contributed by atoms with Gasteiger partial charge in [-0.15, -0.1) is 0 Å². The number of imidazole rings is 1. The van der Waals surface area contributed by atoms with Gasteiger partial charge in [0.15, 0.2) is 5.69 Å². The number of hydrogen-bond acceptors (Lipinski definition) is 2. The van der Waals surface area contributed by atoms with E-state index in [4.69, 9.17) is 0 Å². The average Bonchev–Trinajstić information content (AvgIpc) is 2.77. The van der Waals surface area contributed by atoms with Gasteiger partial charge in [-0.25, -0.2) is 9.78 Å². The lowest BCUT2D eigenvalue weighted by Crippen LogP contribution is -1.97. The van der Waals surface area contributed by atoms with Gasteiger partial charge in [0.05, 0.1) is 5.52 Å².